The first-order valence-corrected chi connectivity index (χ1v) is 6.40. The van der Waals surface area contributed by atoms with Gasteiger partial charge in [-0.15, -0.1) is 0 Å². The van der Waals surface area contributed by atoms with Gasteiger partial charge in [0.2, 0.25) is 0 Å². The van der Waals surface area contributed by atoms with E-state index in [2.05, 4.69) is 4.52 Å². The molecule has 0 aromatic heterocycles. The summed E-state index contributed by atoms with van der Waals surface area (Å²) in [5, 5.41) is 10.7. The summed E-state index contributed by atoms with van der Waals surface area (Å²) in [5.41, 5.74) is 0.679. The molecule has 3 N–H and O–H groups in total. The van der Waals surface area contributed by atoms with Crippen molar-refractivity contribution < 1.29 is 24.0 Å². The molecule has 0 heterocycles. The number of phosphoric acid groups is 1. The first-order valence-electron chi connectivity index (χ1n) is 4.87. The number of benzene rings is 2. The van der Waals surface area contributed by atoms with Gasteiger partial charge < -0.3 is 9.63 Å². The Morgan fingerprint density at radius 2 is 1.94 bits per heavy atom. The maximum Gasteiger partial charge on any atom is 0.524 e. The third-order valence-electron chi connectivity index (χ3n) is 2.34. The quantitative estimate of drug-likeness (QED) is 0.727. The summed E-state index contributed by atoms with van der Waals surface area (Å²) in [6.45, 7) is -0.142. The zero-order valence-electron chi connectivity index (χ0n) is 8.78. The number of rotatable bonds is 3. The second kappa shape index (κ2) is 4.47. The standard InChI is InChI=1S/C11H11O5P/c12-7-9-3-1-2-8-4-5-10(6-11(8)9)16-17(13,14)15/h1-6,12H,7H2,(H2,13,14,15). The molecule has 0 amide bonds. The first-order chi connectivity index (χ1) is 7.99. The fourth-order valence-corrected chi connectivity index (χ4v) is 2.04. The van der Waals surface area contributed by atoms with Crippen molar-refractivity contribution in [1.29, 1.82) is 0 Å². The van der Waals surface area contributed by atoms with E-state index in [9.17, 15) is 4.57 Å². The van der Waals surface area contributed by atoms with Crippen LogP contribution in [-0.4, -0.2) is 14.9 Å². The minimum Gasteiger partial charge on any atom is -0.404 e. The Labute approximate surface area is 97.5 Å². The Balaban J connectivity index is 2.52. The van der Waals surface area contributed by atoms with Crippen LogP contribution < -0.4 is 4.52 Å². The molecule has 0 aliphatic carbocycles. The Kier molecular flexibility index (Phi) is 3.17. The van der Waals surface area contributed by atoms with Crippen molar-refractivity contribution in [3.8, 4) is 5.75 Å². The highest BCUT2D eigenvalue weighted by Gasteiger charge is 2.16. The van der Waals surface area contributed by atoms with Crippen LogP contribution in [0.2, 0.25) is 0 Å². The third kappa shape index (κ3) is 2.84. The topological polar surface area (TPSA) is 87.0 Å². The highest BCUT2D eigenvalue weighted by molar-refractivity contribution is 7.46. The lowest BCUT2D eigenvalue weighted by Gasteiger charge is -2.09. The highest BCUT2D eigenvalue weighted by atomic mass is 31.2. The predicted molar refractivity (Wildman–Crippen MR) is 62.5 cm³/mol. The first kappa shape index (κ1) is 12.1. The number of fused-ring (bicyclic) bond motifs is 1. The molecule has 6 heteroatoms. The van der Waals surface area contributed by atoms with Crippen LogP contribution in [0.15, 0.2) is 36.4 Å². The van der Waals surface area contributed by atoms with Crippen LogP contribution in [0.1, 0.15) is 5.56 Å². The average Bonchev–Trinajstić information content (AvgIpc) is 2.26. The maximum atomic E-state index is 10.7. The van der Waals surface area contributed by atoms with Crippen molar-refractivity contribution in [2.75, 3.05) is 0 Å². The van der Waals surface area contributed by atoms with E-state index >= 15 is 0 Å². The van der Waals surface area contributed by atoms with Gasteiger partial charge in [-0.2, -0.15) is 0 Å². The van der Waals surface area contributed by atoms with Gasteiger partial charge in [-0.3, -0.25) is 9.79 Å². The van der Waals surface area contributed by atoms with E-state index in [0.717, 1.165) is 5.39 Å². The van der Waals surface area contributed by atoms with Gasteiger partial charge in [0.05, 0.1) is 6.61 Å². The van der Waals surface area contributed by atoms with E-state index in [1.165, 1.54) is 12.1 Å². The van der Waals surface area contributed by atoms with E-state index in [-0.39, 0.29) is 12.4 Å². The molecule has 0 saturated carbocycles. The van der Waals surface area contributed by atoms with E-state index in [1.54, 1.807) is 18.2 Å². The largest absolute Gasteiger partial charge is 0.524 e. The molecule has 2 aromatic rings. The van der Waals surface area contributed by atoms with Gasteiger partial charge in [0.25, 0.3) is 0 Å². The van der Waals surface area contributed by atoms with E-state index in [0.29, 0.717) is 10.9 Å². The van der Waals surface area contributed by atoms with Gasteiger partial charge in [0.15, 0.2) is 0 Å². The van der Waals surface area contributed by atoms with Crippen molar-refractivity contribution in [3.63, 3.8) is 0 Å². The molecule has 5 nitrogen and oxygen atoms in total. The molecule has 0 unspecified atom stereocenters. The third-order valence-corrected chi connectivity index (χ3v) is 2.79. The Morgan fingerprint density at radius 3 is 2.59 bits per heavy atom. The molecule has 0 spiro atoms. The van der Waals surface area contributed by atoms with Crippen molar-refractivity contribution in [1.82, 2.24) is 0 Å². The molecule has 0 aliphatic heterocycles. The minimum atomic E-state index is -4.55. The van der Waals surface area contributed by atoms with Crippen LogP contribution >= 0.6 is 7.82 Å². The predicted octanol–water partition coefficient (Wildman–Crippen LogP) is 1.80. The van der Waals surface area contributed by atoms with Crippen LogP contribution in [0, 0.1) is 0 Å². The zero-order chi connectivity index (χ0) is 12.5. The molecule has 0 fully saturated rings. The van der Waals surface area contributed by atoms with Crippen molar-refractivity contribution in [2.24, 2.45) is 0 Å². The van der Waals surface area contributed by atoms with Gasteiger partial charge in [0, 0.05) is 0 Å². The van der Waals surface area contributed by atoms with Crippen molar-refractivity contribution in [3.05, 3.63) is 42.0 Å². The van der Waals surface area contributed by atoms with Gasteiger partial charge in [-0.1, -0.05) is 24.3 Å². The average molecular weight is 254 g/mol. The number of hydrogen-bond acceptors (Lipinski definition) is 3. The molecule has 0 radical (unpaired) electrons. The Bertz CT molecular complexity index is 589. The smallest absolute Gasteiger partial charge is 0.404 e. The highest BCUT2D eigenvalue weighted by Crippen LogP contribution is 2.38. The second-order valence-electron chi connectivity index (χ2n) is 3.54. The number of aliphatic hydroxyl groups excluding tert-OH is 1. The fourth-order valence-electron chi connectivity index (χ4n) is 1.65. The van der Waals surface area contributed by atoms with Gasteiger partial charge >= 0.3 is 7.82 Å². The summed E-state index contributed by atoms with van der Waals surface area (Å²) >= 11 is 0. The molecule has 2 rings (SSSR count). The summed E-state index contributed by atoms with van der Waals surface area (Å²) in [6, 6.07) is 10.0. The maximum absolute atomic E-state index is 10.7. The van der Waals surface area contributed by atoms with Crippen LogP contribution in [0.25, 0.3) is 10.8 Å². The lowest BCUT2D eigenvalue weighted by Crippen LogP contribution is -1.91. The van der Waals surface area contributed by atoms with E-state index in [1.807, 2.05) is 6.07 Å². The summed E-state index contributed by atoms with van der Waals surface area (Å²) in [4.78, 5) is 17.4. The van der Waals surface area contributed by atoms with Crippen LogP contribution in [-0.2, 0) is 11.2 Å². The molecule has 90 valence electrons. The number of hydrogen-bond donors (Lipinski definition) is 3. The van der Waals surface area contributed by atoms with Crippen LogP contribution in [0.4, 0.5) is 0 Å². The molecule has 2 aromatic carbocycles. The van der Waals surface area contributed by atoms with Crippen molar-refractivity contribution in [2.45, 2.75) is 6.61 Å². The molecule has 0 bridgehead atoms. The summed E-state index contributed by atoms with van der Waals surface area (Å²) in [6.07, 6.45) is 0. The summed E-state index contributed by atoms with van der Waals surface area (Å²) < 4.78 is 15.2. The van der Waals surface area contributed by atoms with Crippen molar-refractivity contribution >= 4 is 18.6 Å². The van der Waals surface area contributed by atoms with E-state index < -0.39 is 7.82 Å². The van der Waals surface area contributed by atoms with Gasteiger partial charge in [-0.25, -0.2) is 4.57 Å². The van der Waals surface area contributed by atoms with Gasteiger partial charge in [-0.05, 0) is 28.5 Å². The Hall–Kier alpha value is -1.39. The number of aliphatic hydroxyl groups is 1. The second-order valence-corrected chi connectivity index (χ2v) is 4.70. The van der Waals surface area contributed by atoms with E-state index in [4.69, 9.17) is 14.9 Å². The minimum absolute atomic E-state index is 0.0757. The van der Waals surface area contributed by atoms with Crippen LogP contribution in [0.3, 0.4) is 0 Å². The van der Waals surface area contributed by atoms with Crippen LogP contribution in [0.5, 0.6) is 5.75 Å². The van der Waals surface area contributed by atoms with Gasteiger partial charge in [0.1, 0.15) is 5.75 Å². The Morgan fingerprint density at radius 1 is 1.18 bits per heavy atom. The summed E-state index contributed by atoms with van der Waals surface area (Å²) in [7, 11) is -4.55. The number of phosphoric ester groups is 1. The molecule has 0 aliphatic rings. The molecule has 0 saturated heterocycles. The lowest BCUT2D eigenvalue weighted by molar-refractivity contribution is 0.283. The molecular formula is C11H11O5P. The lowest BCUT2D eigenvalue weighted by atomic mass is 10.1. The SMILES string of the molecule is O=P(O)(O)Oc1ccc2cccc(CO)c2c1. The monoisotopic (exact) mass is 254 g/mol. The summed E-state index contributed by atoms with van der Waals surface area (Å²) in [5.74, 6) is 0.0757. The normalized spacial score (nSPS) is 11.7. The molecule has 0 atom stereocenters. The molecule has 17 heavy (non-hydrogen) atoms. The fraction of sp³-hybridized carbons (Fsp3) is 0.0909. The molecular weight excluding hydrogens is 243 g/mol. The zero-order valence-corrected chi connectivity index (χ0v) is 9.67.